The minimum absolute atomic E-state index is 0.00585. The van der Waals surface area contributed by atoms with Crippen LogP contribution < -0.4 is 0 Å². The molecule has 6 bridgehead atoms. The molecular weight excluding hydrogens is 1360 g/mol. The Morgan fingerprint density at radius 3 is 1.14 bits per heavy atom. The second kappa shape index (κ2) is 33.1. The maximum absolute atomic E-state index is 12.5. The van der Waals surface area contributed by atoms with Crippen molar-refractivity contribution in [2.45, 2.75) is 132 Å². The molecule has 79 heavy (non-hydrogen) atoms. The first kappa shape index (κ1) is 64.0. The van der Waals surface area contributed by atoms with E-state index in [0.717, 1.165) is 75.4 Å². The quantitative estimate of drug-likeness (QED) is 0.0172. The number of alkyl halides is 1. The molecule has 3 aromatic carbocycles. The number of halogens is 3. The van der Waals surface area contributed by atoms with Gasteiger partial charge < -0.3 is 33.5 Å². The van der Waals surface area contributed by atoms with Crippen molar-refractivity contribution >= 4 is 95.6 Å². The first-order valence-electron chi connectivity index (χ1n) is 27.1. The lowest BCUT2D eigenvalue weighted by atomic mass is 9.87. The van der Waals surface area contributed by atoms with Gasteiger partial charge in [0.1, 0.15) is 36.1 Å². The van der Waals surface area contributed by atoms with Crippen molar-refractivity contribution in [3.05, 3.63) is 118 Å². The molecule has 1 N–H and O–H groups in total. The predicted octanol–water partition coefficient (Wildman–Crippen LogP) is 9.39. The molecule has 0 aromatic heterocycles. The number of aliphatic hydroxyl groups is 1. The third-order valence-electron chi connectivity index (χ3n) is 16.1. The van der Waals surface area contributed by atoms with Gasteiger partial charge in [-0.05, 0) is 113 Å². The van der Waals surface area contributed by atoms with Crippen LogP contribution in [-0.4, -0.2) is 169 Å². The zero-order chi connectivity index (χ0) is 56.8. The first-order valence-corrected chi connectivity index (χ1v) is 34.9. The number of methoxy groups -OCH3 is 3. The number of fused-ring (bicyclic) bond motifs is 6. The molecule has 12 atom stereocenters. The van der Waals surface area contributed by atoms with Gasteiger partial charge >= 0.3 is 35.8 Å². The first-order chi connectivity index (χ1) is 38.5. The van der Waals surface area contributed by atoms with Gasteiger partial charge in [-0.15, -0.1) is 0 Å². The zero-order valence-electron chi connectivity index (χ0n) is 45.0. The number of rotatable bonds is 19. The summed E-state index contributed by atoms with van der Waals surface area (Å²) in [7, 11) is 4.15. The second-order valence-corrected chi connectivity index (χ2v) is 21.4. The molecule has 0 radical (unpaired) electrons. The highest BCUT2D eigenvalue weighted by atomic mass is 128. The van der Waals surface area contributed by atoms with Gasteiger partial charge in [-0.2, -0.15) is 0 Å². The summed E-state index contributed by atoms with van der Waals surface area (Å²) in [6.45, 7) is 3.05. The van der Waals surface area contributed by atoms with E-state index in [4.69, 9.17) is 39.1 Å². The van der Waals surface area contributed by atoms with E-state index in [0.29, 0.717) is 55.0 Å². The summed E-state index contributed by atoms with van der Waals surface area (Å²) < 4.78 is 33.4. The smallest absolute Gasteiger partial charge is 0.338 e. The molecule has 3 aromatic rings. The SMILES string of the molecule is COC(=O)C1C(OC(=O)c2ccccc2)CC2CCC1N2CCCI.COC(=O)C1C(OC(=O)c2ccccc2)CC2CCC1N2CCCN=[N+]=[N-].COC(=O)C1C(OC(=O)c2ccccc2)CC2CCC1N2CCCO.II. The molecule has 9 rings (SSSR count). The number of carbonyl (C=O) groups excluding carboxylic acids is 6. The van der Waals surface area contributed by atoms with E-state index in [-0.39, 0.29) is 60.7 Å². The Labute approximate surface area is 499 Å². The molecule has 6 saturated heterocycles. The summed E-state index contributed by atoms with van der Waals surface area (Å²) in [6.07, 6.45) is 8.79. The van der Waals surface area contributed by atoms with Gasteiger partial charge in [0.25, 0.3) is 0 Å². The van der Waals surface area contributed by atoms with Crippen molar-refractivity contribution in [3.8, 4) is 0 Å². The number of carbonyl (C=O) groups is 6. The van der Waals surface area contributed by atoms with Crippen molar-refractivity contribution < 1.29 is 62.3 Å². The summed E-state index contributed by atoms with van der Waals surface area (Å²) in [5.74, 6) is -3.48. The molecule has 22 heteroatoms. The zero-order valence-corrected chi connectivity index (χ0v) is 51.5. The Kier molecular flexibility index (Phi) is 26.8. The number of azide groups is 1. The number of aliphatic hydroxyl groups excluding tert-OH is 1. The van der Waals surface area contributed by atoms with Crippen molar-refractivity contribution in [3.63, 3.8) is 0 Å². The van der Waals surface area contributed by atoms with Crippen LogP contribution in [0.2, 0.25) is 0 Å². The van der Waals surface area contributed by atoms with Crippen molar-refractivity contribution in [2.75, 3.05) is 58.5 Å². The fourth-order valence-corrected chi connectivity index (χ4v) is 13.1. The van der Waals surface area contributed by atoms with E-state index < -0.39 is 48.0 Å². The summed E-state index contributed by atoms with van der Waals surface area (Å²) in [5.41, 5.74) is 9.90. The van der Waals surface area contributed by atoms with E-state index >= 15 is 0 Å². The minimum Gasteiger partial charge on any atom is -0.469 e. The van der Waals surface area contributed by atoms with Gasteiger partial charge in [-0.1, -0.05) is 82.3 Å². The third-order valence-corrected chi connectivity index (χ3v) is 16.9. The van der Waals surface area contributed by atoms with Crippen LogP contribution in [0.3, 0.4) is 0 Å². The lowest BCUT2D eigenvalue weighted by molar-refractivity contribution is -0.157. The average molecular weight is 1430 g/mol. The molecule has 0 amide bonds. The summed E-state index contributed by atoms with van der Waals surface area (Å²) in [6, 6.07) is 27.6. The number of benzene rings is 3. The average Bonchev–Trinajstić information content (AvgIpc) is 4.10. The third kappa shape index (κ3) is 16.7. The number of esters is 6. The lowest BCUT2D eigenvalue weighted by Gasteiger charge is -2.42. The van der Waals surface area contributed by atoms with Crippen LogP contribution in [0.25, 0.3) is 10.4 Å². The highest BCUT2D eigenvalue weighted by molar-refractivity contribution is 15.0. The maximum Gasteiger partial charge on any atom is 0.338 e. The molecule has 12 unspecified atom stereocenters. The number of hydrogen-bond acceptors (Lipinski definition) is 17. The second-order valence-electron chi connectivity index (χ2n) is 20.3. The van der Waals surface area contributed by atoms with E-state index in [9.17, 15) is 28.8 Å². The topological polar surface area (TPSA) is 237 Å². The van der Waals surface area contributed by atoms with Gasteiger partial charge in [0.15, 0.2) is 0 Å². The van der Waals surface area contributed by atoms with Gasteiger partial charge in [-0.25, -0.2) is 14.4 Å². The van der Waals surface area contributed by atoms with Crippen LogP contribution in [0.5, 0.6) is 0 Å². The fourth-order valence-electron chi connectivity index (χ4n) is 12.7. The Hall–Kier alpha value is -4.18. The van der Waals surface area contributed by atoms with Crippen LogP contribution >= 0.6 is 59.8 Å². The van der Waals surface area contributed by atoms with Gasteiger partial charge in [-0.3, -0.25) is 29.1 Å². The maximum atomic E-state index is 12.5. The Morgan fingerprint density at radius 2 is 0.848 bits per heavy atom. The highest BCUT2D eigenvalue weighted by Gasteiger charge is 2.54. The van der Waals surface area contributed by atoms with Crippen molar-refractivity contribution in [1.82, 2.24) is 14.7 Å². The molecule has 0 aliphatic carbocycles. The summed E-state index contributed by atoms with van der Waals surface area (Å²) >= 11 is 6.62. The van der Waals surface area contributed by atoms with Gasteiger partial charge in [0, 0.05) is 122 Å². The molecule has 19 nitrogen and oxygen atoms in total. The number of ether oxygens (including phenoxy) is 6. The fraction of sp³-hybridized carbons (Fsp3) is 0.579. The number of hydrogen-bond donors (Lipinski definition) is 1. The van der Waals surface area contributed by atoms with Gasteiger partial charge in [0.2, 0.25) is 0 Å². The highest BCUT2D eigenvalue weighted by Crippen LogP contribution is 2.44. The van der Waals surface area contributed by atoms with E-state index in [2.05, 4.69) is 84.5 Å². The standard InChI is InChI=1S/C19H24INO4.C19H24N4O4.C19H25NO5.I2/c1-24-19(23)17-15-9-8-14(21(15)11-5-10-20)12-16(17)25-18(22)13-6-3-2-4-7-13;1-26-19(25)17-15-9-8-14(23(15)11-5-10-21-22-20)12-16(17)27-18(24)13-6-3-2-4-7-13;1-24-19(23)17-15-9-8-14(20(15)10-5-11-21)12-16(17)25-18(22)13-6-3-2-4-7-13;1-2/h2-4,6-7,14-17H,5,8-12H2,1H3;2-4,6-7,14-17H,5,8-12H2,1H3;2-4,6-7,14-17,21H,5,8-12H2,1H3;. The molecule has 6 aliphatic rings. The molecule has 0 spiro atoms. The van der Waals surface area contributed by atoms with E-state index in [1.807, 2.05) is 30.3 Å². The lowest BCUT2D eigenvalue weighted by Crippen LogP contribution is -2.55. The van der Waals surface area contributed by atoms with Crippen LogP contribution in [0, 0.1) is 17.8 Å². The van der Waals surface area contributed by atoms with Gasteiger partial charge in [0.05, 0.1) is 38.0 Å². The minimum atomic E-state index is -0.499. The van der Waals surface area contributed by atoms with Crippen molar-refractivity contribution in [1.29, 1.82) is 0 Å². The molecule has 6 heterocycles. The number of nitrogens with zero attached hydrogens (tertiary/aromatic N) is 6. The largest absolute Gasteiger partial charge is 0.469 e. The molecule has 6 fully saturated rings. The number of piperidine rings is 3. The molecule has 430 valence electrons. The Bertz CT molecular complexity index is 2380. The summed E-state index contributed by atoms with van der Waals surface area (Å²) in [5, 5.41) is 12.7. The van der Waals surface area contributed by atoms with E-state index in [1.165, 1.54) is 21.3 Å². The monoisotopic (exact) mass is 1430 g/mol. The van der Waals surface area contributed by atoms with Crippen LogP contribution in [-0.2, 0) is 42.8 Å². The Balaban J connectivity index is 0.000000188. The normalized spacial score (nSPS) is 27.3. The van der Waals surface area contributed by atoms with Crippen LogP contribution in [0.1, 0.15) is 108 Å². The molecular formula is C57H73I3N6O13. The van der Waals surface area contributed by atoms with Crippen LogP contribution in [0.4, 0.5) is 0 Å². The Morgan fingerprint density at radius 1 is 0.532 bits per heavy atom. The predicted molar refractivity (Wildman–Crippen MR) is 320 cm³/mol. The molecule has 6 aliphatic heterocycles. The van der Waals surface area contributed by atoms with Crippen molar-refractivity contribution in [2.24, 2.45) is 22.9 Å². The summed E-state index contributed by atoms with van der Waals surface area (Å²) in [4.78, 5) is 84.6. The van der Waals surface area contributed by atoms with E-state index in [1.54, 1.807) is 60.7 Å². The van der Waals surface area contributed by atoms with Crippen LogP contribution in [0.15, 0.2) is 96.1 Å². The molecule has 0 saturated carbocycles.